The molecular formula is C15H16F3N3. The molecule has 0 saturated carbocycles. The van der Waals surface area contributed by atoms with Crippen molar-refractivity contribution in [3.63, 3.8) is 0 Å². The second-order valence-electron chi connectivity index (χ2n) is 5.29. The van der Waals surface area contributed by atoms with Crippen molar-refractivity contribution in [2.75, 3.05) is 5.73 Å². The Morgan fingerprint density at radius 2 is 1.86 bits per heavy atom. The van der Waals surface area contributed by atoms with E-state index in [1.54, 1.807) is 12.1 Å². The number of rotatable bonds is 3. The first kappa shape index (κ1) is 15.3. The molecule has 0 radical (unpaired) electrons. The average molecular weight is 295 g/mol. The third kappa shape index (κ3) is 3.93. The zero-order valence-corrected chi connectivity index (χ0v) is 11.8. The van der Waals surface area contributed by atoms with Crippen LogP contribution in [0.5, 0.6) is 0 Å². The van der Waals surface area contributed by atoms with E-state index in [2.05, 4.69) is 23.8 Å². The number of aromatic nitrogens is 2. The van der Waals surface area contributed by atoms with E-state index in [1.807, 2.05) is 12.1 Å². The van der Waals surface area contributed by atoms with Gasteiger partial charge in [-0.25, -0.2) is 9.97 Å². The minimum absolute atomic E-state index is 0.181. The van der Waals surface area contributed by atoms with Crippen molar-refractivity contribution >= 4 is 5.95 Å². The van der Waals surface area contributed by atoms with Gasteiger partial charge in [0, 0.05) is 5.56 Å². The van der Waals surface area contributed by atoms with Gasteiger partial charge in [-0.2, -0.15) is 13.2 Å². The van der Waals surface area contributed by atoms with E-state index in [-0.39, 0.29) is 11.6 Å². The fourth-order valence-electron chi connectivity index (χ4n) is 2.09. The highest BCUT2D eigenvalue weighted by atomic mass is 19.4. The number of hydrogen-bond acceptors (Lipinski definition) is 3. The fraction of sp³-hybridized carbons (Fsp3) is 0.333. The first-order valence-electron chi connectivity index (χ1n) is 6.57. The highest BCUT2D eigenvalue weighted by molar-refractivity contribution is 5.61. The Bertz CT molecular complexity index is 636. The Kier molecular flexibility index (Phi) is 4.16. The number of hydrogen-bond donors (Lipinski definition) is 1. The molecule has 0 aliphatic heterocycles. The molecule has 0 aliphatic rings. The van der Waals surface area contributed by atoms with Gasteiger partial charge in [-0.15, -0.1) is 0 Å². The molecule has 0 spiro atoms. The van der Waals surface area contributed by atoms with Crippen LogP contribution in [0.15, 0.2) is 30.3 Å². The number of nitrogens with zero attached hydrogens (tertiary/aromatic N) is 2. The van der Waals surface area contributed by atoms with Crippen molar-refractivity contribution in [2.24, 2.45) is 5.92 Å². The summed E-state index contributed by atoms with van der Waals surface area (Å²) < 4.78 is 38.3. The number of alkyl halides is 3. The lowest BCUT2D eigenvalue weighted by Crippen LogP contribution is -2.11. The van der Waals surface area contributed by atoms with E-state index in [9.17, 15) is 13.2 Å². The Morgan fingerprint density at radius 3 is 2.48 bits per heavy atom. The predicted octanol–water partition coefficient (Wildman–Crippen LogP) is 3.94. The van der Waals surface area contributed by atoms with Gasteiger partial charge in [-0.1, -0.05) is 32.0 Å². The van der Waals surface area contributed by atoms with Gasteiger partial charge in [0.2, 0.25) is 5.95 Å². The van der Waals surface area contributed by atoms with Crippen LogP contribution in [-0.4, -0.2) is 9.97 Å². The topological polar surface area (TPSA) is 51.8 Å². The molecule has 1 heterocycles. The minimum atomic E-state index is -4.54. The smallest absolute Gasteiger partial charge is 0.368 e. The zero-order valence-electron chi connectivity index (χ0n) is 11.8. The largest absolute Gasteiger partial charge is 0.433 e. The Hall–Kier alpha value is -2.11. The highest BCUT2D eigenvalue weighted by Crippen LogP contribution is 2.31. The number of anilines is 1. The van der Waals surface area contributed by atoms with Crippen LogP contribution in [-0.2, 0) is 12.6 Å². The summed E-state index contributed by atoms with van der Waals surface area (Å²) >= 11 is 0. The standard InChI is InChI=1S/C15H16F3N3/c1-9(2)6-10-4-3-5-11(7-10)12-8-13(15(16,17)18)21-14(19)20-12/h3-5,7-9H,6H2,1-2H3,(H2,19,20,21). The monoisotopic (exact) mass is 295 g/mol. The molecule has 3 nitrogen and oxygen atoms in total. The predicted molar refractivity (Wildman–Crippen MR) is 75.4 cm³/mol. The maximum atomic E-state index is 12.8. The number of nitrogens with two attached hydrogens (primary N) is 1. The third-order valence-electron chi connectivity index (χ3n) is 2.90. The summed E-state index contributed by atoms with van der Waals surface area (Å²) in [5.41, 5.74) is 6.20. The van der Waals surface area contributed by atoms with E-state index >= 15 is 0 Å². The van der Waals surface area contributed by atoms with Gasteiger partial charge < -0.3 is 5.73 Å². The van der Waals surface area contributed by atoms with E-state index < -0.39 is 11.9 Å². The number of nitrogen functional groups attached to an aromatic ring is 1. The number of benzene rings is 1. The van der Waals surface area contributed by atoms with Crippen LogP contribution < -0.4 is 5.73 Å². The van der Waals surface area contributed by atoms with Crippen LogP contribution in [0.1, 0.15) is 25.1 Å². The van der Waals surface area contributed by atoms with Gasteiger partial charge >= 0.3 is 6.18 Å². The van der Waals surface area contributed by atoms with Crippen LogP contribution in [0.2, 0.25) is 0 Å². The summed E-state index contributed by atoms with van der Waals surface area (Å²) in [5.74, 6) is 0.0792. The van der Waals surface area contributed by atoms with Gasteiger partial charge in [0.05, 0.1) is 5.69 Å². The molecule has 1 aromatic heterocycles. The summed E-state index contributed by atoms with van der Waals surface area (Å²) in [6.45, 7) is 4.16. The molecule has 6 heteroatoms. The molecule has 0 fully saturated rings. The summed E-state index contributed by atoms with van der Waals surface area (Å²) in [7, 11) is 0. The van der Waals surface area contributed by atoms with Crippen LogP contribution in [0, 0.1) is 5.92 Å². The quantitative estimate of drug-likeness (QED) is 0.933. The minimum Gasteiger partial charge on any atom is -0.368 e. The van der Waals surface area contributed by atoms with Crippen molar-refractivity contribution in [3.8, 4) is 11.3 Å². The molecule has 2 N–H and O–H groups in total. The molecule has 1 aromatic carbocycles. The second-order valence-corrected chi connectivity index (χ2v) is 5.29. The molecule has 2 aromatic rings. The van der Waals surface area contributed by atoms with Crippen molar-refractivity contribution in [2.45, 2.75) is 26.4 Å². The van der Waals surface area contributed by atoms with Crippen LogP contribution >= 0.6 is 0 Å². The van der Waals surface area contributed by atoms with E-state index in [0.717, 1.165) is 18.1 Å². The fourth-order valence-corrected chi connectivity index (χ4v) is 2.09. The molecular weight excluding hydrogens is 279 g/mol. The van der Waals surface area contributed by atoms with E-state index in [1.165, 1.54) is 0 Å². The Morgan fingerprint density at radius 1 is 1.14 bits per heavy atom. The summed E-state index contributed by atoms with van der Waals surface area (Å²) in [6.07, 6.45) is -3.69. The molecule has 0 amide bonds. The molecule has 0 saturated heterocycles. The molecule has 0 unspecified atom stereocenters. The molecule has 0 aliphatic carbocycles. The third-order valence-corrected chi connectivity index (χ3v) is 2.90. The summed E-state index contributed by atoms with van der Waals surface area (Å²) in [4.78, 5) is 7.15. The van der Waals surface area contributed by atoms with E-state index in [4.69, 9.17) is 5.73 Å². The summed E-state index contributed by atoms with van der Waals surface area (Å²) in [5, 5.41) is 0. The maximum Gasteiger partial charge on any atom is 0.433 e. The van der Waals surface area contributed by atoms with Crippen LogP contribution in [0.25, 0.3) is 11.3 Å². The Balaban J connectivity index is 2.44. The highest BCUT2D eigenvalue weighted by Gasteiger charge is 2.33. The van der Waals surface area contributed by atoms with Crippen molar-refractivity contribution < 1.29 is 13.2 Å². The second kappa shape index (κ2) is 5.71. The first-order chi connectivity index (χ1) is 9.75. The van der Waals surface area contributed by atoms with E-state index in [0.29, 0.717) is 11.5 Å². The molecule has 21 heavy (non-hydrogen) atoms. The zero-order chi connectivity index (χ0) is 15.6. The lowest BCUT2D eigenvalue weighted by Gasteiger charge is -2.10. The van der Waals surface area contributed by atoms with Gasteiger partial charge in [-0.3, -0.25) is 0 Å². The lowest BCUT2D eigenvalue weighted by atomic mass is 10.00. The molecule has 112 valence electrons. The average Bonchev–Trinajstić information content (AvgIpc) is 2.36. The van der Waals surface area contributed by atoms with Gasteiger partial charge in [0.25, 0.3) is 0 Å². The molecule has 0 atom stereocenters. The number of halogens is 3. The summed E-state index contributed by atoms with van der Waals surface area (Å²) in [6, 6.07) is 8.22. The maximum absolute atomic E-state index is 12.8. The van der Waals surface area contributed by atoms with Crippen molar-refractivity contribution in [1.29, 1.82) is 0 Å². The molecule has 0 bridgehead atoms. The van der Waals surface area contributed by atoms with Crippen molar-refractivity contribution in [1.82, 2.24) is 9.97 Å². The SMILES string of the molecule is CC(C)Cc1cccc(-c2cc(C(F)(F)F)nc(N)n2)c1. The van der Waals surface area contributed by atoms with Crippen LogP contribution in [0.4, 0.5) is 19.1 Å². The van der Waals surface area contributed by atoms with Crippen molar-refractivity contribution in [3.05, 3.63) is 41.6 Å². The Labute approximate surface area is 121 Å². The van der Waals surface area contributed by atoms with Crippen LogP contribution in [0.3, 0.4) is 0 Å². The lowest BCUT2D eigenvalue weighted by molar-refractivity contribution is -0.141. The van der Waals surface area contributed by atoms with Gasteiger partial charge in [-0.05, 0) is 30.0 Å². The van der Waals surface area contributed by atoms with Gasteiger partial charge in [0.1, 0.15) is 0 Å². The first-order valence-corrected chi connectivity index (χ1v) is 6.57. The van der Waals surface area contributed by atoms with Gasteiger partial charge in [0.15, 0.2) is 5.69 Å². The normalized spacial score (nSPS) is 11.9. The molecule has 2 rings (SSSR count).